The first-order chi connectivity index (χ1) is 11.8. The van der Waals surface area contributed by atoms with Gasteiger partial charge in [-0.3, -0.25) is 10.1 Å². The third-order valence-corrected chi connectivity index (χ3v) is 3.98. The van der Waals surface area contributed by atoms with Crippen molar-refractivity contribution in [1.29, 1.82) is 0 Å². The molecule has 24 heavy (non-hydrogen) atoms. The molecule has 0 aliphatic carbocycles. The highest BCUT2D eigenvalue weighted by Gasteiger charge is 2.25. The monoisotopic (exact) mass is 317 g/mol. The molecule has 0 heterocycles. The maximum Gasteiger partial charge on any atom is 0.325 e. The van der Waals surface area contributed by atoms with E-state index in [0.717, 1.165) is 16.7 Å². The lowest BCUT2D eigenvalue weighted by atomic mass is 9.96. The standard InChI is InChI=1S/C21H19NO2/c23-21(24)20(18-14-8-3-9-15-18)22-19(16-10-4-1-5-11-16)17-12-6-2-7-13-17/h1-15,19-20,22H,(H,23,24). The Morgan fingerprint density at radius 1 is 0.667 bits per heavy atom. The summed E-state index contributed by atoms with van der Waals surface area (Å²) in [5.74, 6) is -0.891. The summed E-state index contributed by atoms with van der Waals surface area (Å²) in [6, 6.07) is 28.1. The van der Waals surface area contributed by atoms with Crippen LogP contribution in [0, 0.1) is 0 Å². The van der Waals surface area contributed by atoms with Crippen LogP contribution in [0.2, 0.25) is 0 Å². The Labute approximate surface area is 141 Å². The molecule has 120 valence electrons. The third kappa shape index (κ3) is 3.70. The van der Waals surface area contributed by atoms with Crippen LogP contribution in [-0.4, -0.2) is 11.1 Å². The van der Waals surface area contributed by atoms with Gasteiger partial charge in [-0.15, -0.1) is 0 Å². The lowest BCUT2D eigenvalue weighted by Gasteiger charge is -2.24. The molecular weight excluding hydrogens is 298 g/mol. The minimum atomic E-state index is -0.891. The van der Waals surface area contributed by atoms with E-state index in [2.05, 4.69) is 5.32 Å². The number of hydrogen-bond donors (Lipinski definition) is 2. The molecule has 3 aromatic carbocycles. The summed E-state index contributed by atoms with van der Waals surface area (Å²) in [7, 11) is 0. The molecule has 0 saturated heterocycles. The molecular formula is C21H19NO2. The molecule has 0 bridgehead atoms. The molecule has 0 aromatic heterocycles. The highest BCUT2D eigenvalue weighted by Crippen LogP contribution is 2.26. The average Bonchev–Trinajstić information content (AvgIpc) is 2.64. The van der Waals surface area contributed by atoms with Crippen LogP contribution >= 0.6 is 0 Å². The van der Waals surface area contributed by atoms with Gasteiger partial charge in [-0.1, -0.05) is 91.0 Å². The zero-order chi connectivity index (χ0) is 16.8. The number of nitrogens with one attached hydrogen (secondary N) is 1. The number of rotatable bonds is 6. The molecule has 3 nitrogen and oxygen atoms in total. The van der Waals surface area contributed by atoms with Crippen molar-refractivity contribution in [2.24, 2.45) is 0 Å². The predicted octanol–water partition coefficient (Wildman–Crippen LogP) is 4.19. The Morgan fingerprint density at radius 2 is 1.04 bits per heavy atom. The van der Waals surface area contributed by atoms with Crippen LogP contribution in [0.3, 0.4) is 0 Å². The number of benzene rings is 3. The minimum absolute atomic E-state index is 0.200. The quantitative estimate of drug-likeness (QED) is 0.716. The van der Waals surface area contributed by atoms with E-state index in [1.165, 1.54) is 0 Å². The molecule has 3 aromatic rings. The molecule has 0 amide bonds. The highest BCUT2D eigenvalue weighted by atomic mass is 16.4. The Kier molecular flexibility index (Phi) is 5.04. The van der Waals surface area contributed by atoms with Gasteiger partial charge in [-0.25, -0.2) is 0 Å². The van der Waals surface area contributed by atoms with E-state index in [1.807, 2.05) is 91.0 Å². The second-order valence-corrected chi connectivity index (χ2v) is 5.60. The van der Waals surface area contributed by atoms with Crippen molar-refractivity contribution >= 4 is 5.97 Å². The Morgan fingerprint density at radius 3 is 1.42 bits per heavy atom. The first kappa shape index (κ1) is 16.0. The van der Waals surface area contributed by atoms with E-state index in [1.54, 1.807) is 0 Å². The van der Waals surface area contributed by atoms with Gasteiger partial charge in [0.05, 0.1) is 6.04 Å². The van der Waals surface area contributed by atoms with Crippen molar-refractivity contribution in [1.82, 2.24) is 5.32 Å². The number of aliphatic carboxylic acids is 1. The number of carboxylic acid groups (broad SMARTS) is 1. The van der Waals surface area contributed by atoms with Gasteiger partial charge in [-0.05, 0) is 16.7 Å². The largest absolute Gasteiger partial charge is 0.480 e. The topological polar surface area (TPSA) is 49.3 Å². The second kappa shape index (κ2) is 7.57. The summed E-state index contributed by atoms with van der Waals surface area (Å²) in [4.78, 5) is 11.8. The van der Waals surface area contributed by atoms with Gasteiger partial charge in [-0.2, -0.15) is 0 Å². The van der Waals surface area contributed by atoms with E-state index in [0.29, 0.717) is 0 Å². The third-order valence-electron chi connectivity index (χ3n) is 3.98. The van der Waals surface area contributed by atoms with Crippen LogP contribution in [0.15, 0.2) is 91.0 Å². The number of carboxylic acids is 1. The zero-order valence-corrected chi connectivity index (χ0v) is 13.2. The van der Waals surface area contributed by atoms with Gasteiger partial charge < -0.3 is 5.11 Å². The molecule has 0 radical (unpaired) electrons. The summed E-state index contributed by atoms with van der Waals surface area (Å²) >= 11 is 0. The van der Waals surface area contributed by atoms with Crippen LogP contribution in [-0.2, 0) is 4.79 Å². The zero-order valence-electron chi connectivity index (χ0n) is 13.2. The van der Waals surface area contributed by atoms with Crippen LogP contribution in [0.4, 0.5) is 0 Å². The lowest BCUT2D eigenvalue weighted by molar-refractivity contribution is -0.139. The maximum atomic E-state index is 11.8. The summed E-state index contributed by atoms with van der Waals surface area (Å²) in [5, 5.41) is 13.0. The average molecular weight is 317 g/mol. The van der Waals surface area contributed by atoms with Gasteiger partial charge in [0.25, 0.3) is 0 Å². The molecule has 0 aliphatic rings. The van der Waals surface area contributed by atoms with E-state index >= 15 is 0 Å². The molecule has 2 N–H and O–H groups in total. The predicted molar refractivity (Wildman–Crippen MR) is 94.7 cm³/mol. The normalized spacial score (nSPS) is 12.0. The molecule has 0 aliphatic heterocycles. The van der Waals surface area contributed by atoms with E-state index in [-0.39, 0.29) is 6.04 Å². The lowest BCUT2D eigenvalue weighted by Crippen LogP contribution is -2.32. The van der Waals surface area contributed by atoms with Crippen molar-refractivity contribution in [3.8, 4) is 0 Å². The van der Waals surface area contributed by atoms with Gasteiger partial charge in [0.2, 0.25) is 0 Å². The molecule has 1 atom stereocenters. The fraction of sp³-hybridized carbons (Fsp3) is 0.0952. The summed E-state index contributed by atoms with van der Waals surface area (Å²) in [6.45, 7) is 0. The summed E-state index contributed by atoms with van der Waals surface area (Å²) < 4.78 is 0. The van der Waals surface area contributed by atoms with Crippen molar-refractivity contribution in [2.45, 2.75) is 12.1 Å². The van der Waals surface area contributed by atoms with Crippen LogP contribution in [0.1, 0.15) is 28.8 Å². The highest BCUT2D eigenvalue weighted by molar-refractivity contribution is 5.75. The fourth-order valence-corrected chi connectivity index (χ4v) is 2.80. The van der Waals surface area contributed by atoms with Crippen molar-refractivity contribution in [3.05, 3.63) is 108 Å². The molecule has 0 saturated carbocycles. The van der Waals surface area contributed by atoms with E-state index in [9.17, 15) is 9.90 Å². The Balaban J connectivity index is 1.98. The minimum Gasteiger partial charge on any atom is -0.480 e. The molecule has 3 heteroatoms. The van der Waals surface area contributed by atoms with Crippen LogP contribution in [0.25, 0.3) is 0 Å². The van der Waals surface area contributed by atoms with Crippen molar-refractivity contribution < 1.29 is 9.90 Å². The molecule has 1 unspecified atom stereocenters. The van der Waals surface area contributed by atoms with Gasteiger partial charge in [0.1, 0.15) is 6.04 Å². The maximum absolute atomic E-state index is 11.8. The van der Waals surface area contributed by atoms with Crippen LogP contribution < -0.4 is 5.32 Å². The van der Waals surface area contributed by atoms with Crippen LogP contribution in [0.5, 0.6) is 0 Å². The van der Waals surface area contributed by atoms with Gasteiger partial charge >= 0.3 is 5.97 Å². The fourth-order valence-electron chi connectivity index (χ4n) is 2.80. The van der Waals surface area contributed by atoms with Crippen molar-refractivity contribution in [2.75, 3.05) is 0 Å². The Hall–Kier alpha value is -2.91. The molecule has 0 fully saturated rings. The van der Waals surface area contributed by atoms with Gasteiger partial charge in [0, 0.05) is 0 Å². The first-order valence-corrected chi connectivity index (χ1v) is 7.89. The van der Waals surface area contributed by atoms with E-state index in [4.69, 9.17) is 0 Å². The summed E-state index contributed by atoms with van der Waals surface area (Å²) in [5.41, 5.74) is 2.80. The van der Waals surface area contributed by atoms with E-state index < -0.39 is 12.0 Å². The van der Waals surface area contributed by atoms with Gasteiger partial charge in [0.15, 0.2) is 0 Å². The smallest absolute Gasteiger partial charge is 0.325 e. The number of hydrogen-bond acceptors (Lipinski definition) is 2. The molecule has 0 spiro atoms. The van der Waals surface area contributed by atoms with Crippen molar-refractivity contribution in [3.63, 3.8) is 0 Å². The summed E-state index contributed by atoms with van der Waals surface area (Å²) in [6.07, 6.45) is 0. The SMILES string of the molecule is O=C(O)C(NC(c1ccccc1)c1ccccc1)c1ccccc1. The second-order valence-electron chi connectivity index (χ2n) is 5.60. The number of carbonyl (C=O) groups is 1. The first-order valence-electron chi connectivity index (χ1n) is 7.89. The molecule has 3 rings (SSSR count). The Bertz CT molecular complexity index is 733.